The van der Waals surface area contributed by atoms with Crippen molar-refractivity contribution in [2.45, 2.75) is 44.4 Å². The Morgan fingerprint density at radius 2 is 1.46 bits per heavy atom. The number of hydrogen-bond donors (Lipinski definition) is 5. The van der Waals surface area contributed by atoms with Crippen LogP contribution in [0.1, 0.15) is 63.4 Å². The topological polar surface area (TPSA) is 197 Å². The maximum Gasteiger partial charge on any atom is 0.414 e. The van der Waals surface area contributed by atoms with Crippen molar-refractivity contribution in [2.24, 2.45) is 14.1 Å². The Morgan fingerprint density at radius 1 is 0.780 bits per heavy atom. The average molecular weight is 804 g/mol. The quantitative estimate of drug-likeness (QED) is 0.0919. The maximum absolute atomic E-state index is 13.5. The number of benzene rings is 3. The Bertz CT molecular complexity index is 2390. The van der Waals surface area contributed by atoms with E-state index in [1.807, 2.05) is 54.7 Å². The molecule has 3 aromatic carbocycles. The van der Waals surface area contributed by atoms with E-state index < -0.39 is 24.3 Å². The summed E-state index contributed by atoms with van der Waals surface area (Å²) in [6.07, 6.45) is 2.93. The Labute approximate surface area is 339 Å². The summed E-state index contributed by atoms with van der Waals surface area (Å²) < 4.78 is 14.8. The number of rotatable bonds is 12. The van der Waals surface area contributed by atoms with Gasteiger partial charge in [0.1, 0.15) is 11.4 Å². The van der Waals surface area contributed by atoms with Crippen molar-refractivity contribution in [1.29, 1.82) is 0 Å². The van der Waals surface area contributed by atoms with E-state index >= 15 is 0 Å². The number of amides is 5. The summed E-state index contributed by atoms with van der Waals surface area (Å²) >= 11 is 0. The molecule has 5 aromatic rings. The molecule has 2 aliphatic heterocycles. The molecule has 306 valence electrons. The third-order valence-electron chi connectivity index (χ3n) is 10.5. The van der Waals surface area contributed by atoms with E-state index in [9.17, 15) is 34.2 Å². The van der Waals surface area contributed by atoms with Crippen LogP contribution >= 0.6 is 0 Å². The van der Waals surface area contributed by atoms with E-state index in [2.05, 4.69) is 16.0 Å². The summed E-state index contributed by atoms with van der Waals surface area (Å²) in [7, 11) is 4.90. The first-order valence-corrected chi connectivity index (χ1v) is 19.2. The number of carbonyl (C=O) groups excluding carboxylic acids is 4. The highest BCUT2D eigenvalue weighted by Gasteiger charge is 2.43. The number of aryl methyl sites for hydroxylation is 2. The number of nitrogens with one attached hydrogen (secondary N) is 3. The minimum absolute atomic E-state index is 0.00780. The van der Waals surface area contributed by atoms with Gasteiger partial charge in [-0.15, -0.1) is 0 Å². The van der Waals surface area contributed by atoms with Crippen molar-refractivity contribution >= 4 is 52.5 Å². The van der Waals surface area contributed by atoms with Crippen LogP contribution in [0.15, 0.2) is 91.3 Å². The predicted octanol–water partition coefficient (Wildman–Crippen LogP) is 6.15. The SMILES string of the molecule is COc1cc2c(cc1OCCCC(=O)Nc1cc(C(=O)Nc3ccc(-c4cc(C(=O)Nc5ccccc5)n(C)c4)cc3)n(C)c1)N(C(=O)O)[C@@H](O)[C@@H]1CCCCN1C2=O. The minimum Gasteiger partial charge on any atom is -0.493 e. The molecule has 0 aliphatic carbocycles. The Morgan fingerprint density at radius 3 is 2.15 bits per heavy atom. The second-order valence-electron chi connectivity index (χ2n) is 14.4. The lowest BCUT2D eigenvalue weighted by atomic mass is 10.0. The largest absolute Gasteiger partial charge is 0.493 e. The van der Waals surface area contributed by atoms with Gasteiger partial charge in [0.15, 0.2) is 17.7 Å². The van der Waals surface area contributed by atoms with Gasteiger partial charge in [-0.3, -0.25) is 19.2 Å². The lowest BCUT2D eigenvalue weighted by Crippen LogP contribution is -2.54. The number of piperidine rings is 1. The minimum atomic E-state index is -1.46. The fraction of sp³-hybridized carbons (Fsp3) is 0.279. The molecule has 0 radical (unpaired) electrons. The van der Waals surface area contributed by atoms with Gasteiger partial charge < -0.3 is 49.7 Å². The summed E-state index contributed by atoms with van der Waals surface area (Å²) in [5, 5.41) is 29.8. The van der Waals surface area contributed by atoms with Crippen LogP contribution in [-0.4, -0.2) is 86.5 Å². The number of carbonyl (C=O) groups is 5. The standard InChI is InChI=1S/C43H45N7O9/c1-47-24-27(20-34(47)39(52)45-28-10-5-4-6-11-28)26-14-16-29(17-15-26)46-40(53)35-21-30(25-48(35)2)44-38(51)13-9-19-59-37-23-33-31(22-36(37)58-3)41(54)49-18-8-7-12-32(49)42(55)50(33)43(56)57/h4-6,10-11,14-17,20-25,32,42,55H,7-9,12-13,18-19H2,1-3H3,(H,44,51)(H,45,52)(H,46,53)(H,56,57)/t32-,42-/m0/s1. The molecule has 4 heterocycles. The number of aromatic nitrogens is 2. The van der Waals surface area contributed by atoms with Crippen LogP contribution < -0.4 is 30.3 Å². The van der Waals surface area contributed by atoms with Crippen molar-refractivity contribution in [2.75, 3.05) is 41.1 Å². The molecule has 0 unspecified atom stereocenters. The van der Waals surface area contributed by atoms with Gasteiger partial charge in [-0.2, -0.15) is 0 Å². The van der Waals surface area contributed by atoms with Gasteiger partial charge in [0.2, 0.25) is 5.91 Å². The molecule has 2 aromatic heterocycles. The summed E-state index contributed by atoms with van der Waals surface area (Å²) in [5.41, 5.74) is 4.27. The molecule has 16 nitrogen and oxygen atoms in total. The number of ether oxygens (including phenoxy) is 2. The van der Waals surface area contributed by atoms with Gasteiger partial charge in [0.05, 0.1) is 36.7 Å². The van der Waals surface area contributed by atoms with Crippen LogP contribution in [0.3, 0.4) is 0 Å². The van der Waals surface area contributed by atoms with Gasteiger partial charge in [-0.1, -0.05) is 30.3 Å². The molecule has 59 heavy (non-hydrogen) atoms. The normalized spacial score (nSPS) is 16.0. The Balaban J connectivity index is 0.925. The average Bonchev–Trinajstić information content (AvgIpc) is 3.78. The second-order valence-corrected chi connectivity index (χ2v) is 14.4. The molecule has 1 fully saturated rings. The molecule has 2 aliphatic rings. The van der Waals surface area contributed by atoms with Gasteiger partial charge in [0, 0.05) is 62.5 Å². The van der Waals surface area contributed by atoms with Gasteiger partial charge >= 0.3 is 6.09 Å². The second kappa shape index (κ2) is 17.2. The zero-order chi connectivity index (χ0) is 41.8. The van der Waals surface area contributed by atoms with Crippen LogP contribution in [0.5, 0.6) is 11.5 Å². The van der Waals surface area contributed by atoms with Crippen LogP contribution in [0.2, 0.25) is 0 Å². The fourth-order valence-electron chi connectivity index (χ4n) is 7.50. The van der Waals surface area contributed by atoms with Crippen molar-refractivity contribution in [3.63, 3.8) is 0 Å². The third-order valence-corrected chi connectivity index (χ3v) is 10.5. The van der Waals surface area contributed by atoms with E-state index in [1.54, 1.807) is 47.6 Å². The number of methoxy groups -OCH3 is 1. The molecular weight excluding hydrogens is 759 g/mol. The zero-order valence-corrected chi connectivity index (χ0v) is 32.8. The zero-order valence-electron chi connectivity index (χ0n) is 32.8. The Kier molecular flexibility index (Phi) is 11.7. The summed E-state index contributed by atoms with van der Waals surface area (Å²) in [4.78, 5) is 67.2. The molecule has 0 spiro atoms. The lowest BCUT2D eigenvalue weighted by molar-refractivity contribution is -0.116. The number of hydrogen-bond acceptors (Lipinski definition) is 8. The highest BCUT2D eigenvalue weighted by atomic mass is 16.5. The number of aliphatic hydroxyl groups excluding tert-OH is 1. The van der Waals surface area contributed by atoms with E-state index in [-0.39, 0.29) is 59.9 Å². The number of carboxylic acid groups (broad SMARTS) is 1. The van der Waals surface area contributed by atoms with E-state index in [0.29, 0.717) is 41.4 Å². The summed E-state index contributed by atoms with van der Waals surface area (Å²) in [6.45, 7) is 0.455. The molecule has 7 rings (SSSR count). The van der Waals surface area contributed by atoms with Crippen LogP contribution in [-0.2, 0) is 18.9 Å². The van der Waals surface area contributed by atoms with Crippen molar-refractivity contribution in [1.82, 2.24) is 14.0 Å². The molecular formula is C43H45N7O9. The number of fused-ring (bicyclic) bond motifs is 2. The molecule has 1 saturated heterocycles. The van der Waals surface area contributed by atoms with E-state index in [0.717, 1.165) is 28.9 Å². The first-order valence-electron chi connectivity index (χ1n) is 19.2. The molecule has 2 atom stereocenters. The number of anilines is 4. The first-order chi connectivity index (χ1) is 28.4. The monoisotopic (exact) mass is 803 g/mol. The molecule has 5 N–H and O–H groups in total. The molecule has 0 saturated carbocycles. The number of nitrogens with zero attached hydrogens (tertiary/aromatic N) is 4. The van der Waals surface area contributed by atoms with Crippen LogP contribution in [0.25, 0.3) is 11.1 Å². The maximum atomic E-state index is 13.5. The smallest absolute Gasteiger partial charge is 0.414 e. The van der Waals surface area contributed by atoms with Crippen molar-refractivity contribution in [3.8, 4) is 22.6 Å². The number of aliphatic hydroxyl groups is 1. The first kappa shape index (κ1) is 40.1. The van der Waals surface area contributed by atoms with Crippen molar-refractivity contribution in [3.05, 3.63) is 108 Å². The van der Waals surface area contributed by atoms with Crippen molar-refractivity contribution < 1.29 is 43.7 Å². The summed E-state index contributed by atoms with van der Waals surface area (Å²) in [6, 6.07) is 22.0. The van der Waals surface area contributed by atoms with Gasteiger partial charge in [-0.25, -0.2) is 9.69 Å². The van der Waals surface area contributed by atoms with Crippen LogP contribution in [0.4, 0.5) is 27.5 Å². The van der Waals surface area contributed by atoms with E-state index in [4.69, 9.17) is 9.47 Å². The Hall–Kier alpha value is -7.07. The predicted molar refractivity (Wildman–Crippen MR) is 220 cm³/mol. The lowest BCUT2D eigenvalue weighted by Gasteiger charge is -2.38. The van der Waals surface area contributed by atoms with Crippen LogP contribution in [0, 0.1) is 0 Å². The highest BCUT2D eigenvalue weighted by molar-refractivity contribution is 6.07. The number of para-hydroxylation sites is 1. The molecule has 16 heteroatoms. The van der Waals surface area contributed by atoms with Gasteiger partial charge in [0.25, 0.3) is 17.7 Å². The molecule has 5 amide bonds. The summed E-state index contributed by atoms with van der Waals surface area (Å²) in [5.74, 6) is -0.957. The van der Waals surface area contributed by atoms with E-state index in [1.165, 1.54) is 24.1 Å². The third kappa shape index (κ3) is 8.62. The fourth-order valence-corrected chi connectivity index (χ4v) is 7.50. The molecule has 0 bridgehead atoms. The van der Waals surface area contributed by atoms with Gasteiger partial charge in [-0.05, 0) is 73.7 Å². The highest BCUT2D eigenvalue weighted by Crippen LogP contribution is 2.41.